The highest BCUT2D eigenvalue weighted by Gasteiger charge is 2.68. The van der Waals surface area contributed by atoms with E-state index in [1.807, 2.05) is 0 Å². The third-order valence-corrected chi connectivity index (χ3v) is 2.63. The van der Waals surface area contributed by atoms with Crippen molar-refractivity contribution < 1.29 is 27.1 Å². The van der Waals surface area contributed by atoms with Crippen LogP contribution in [0.1, 0.15) is 12.5 Å². The van der Waals surface area contributed by atoms with Gasteiger partial charge in [0.05, 0.1) is 0 Å². The Kier molecular flexibility index (Phi) is 3.42. The lowest BCUT2D eigenvalue weighted by Gasteiger charge is -2.34. The molecule has 0 aliphatic carbocycles. The molecule has 17 heavy (non-hydrogen) atoms. The zero-order valence-electron chi connectivity index (χ0n) is 8.52. The first kappa shape index (κ1) is 14.2. The Hall–Kier alpha value is -0.880. The molecule has 1 nitrogen and oxygen atoms in total. The van der Waals surface area contributed by atoms with E-state index in [2.05, 4.69) is 0 Å². The van der Waals surface area contributed by atoms with E-state index in [4.69, 9.17) is 11.6 Å². The first-order chi connectivity index (χ1) is 7.50. The van der Waals surface area contributed by atoms with Gasteiger partial charge in [-0.1, -0.05) is 23.7 Å². The SMILES string of the molecule is CC(O)(c1ccc(Cl)cc1)C(F)(F)C(F)(F)F. The van der Waals surface area contributed by atoms with Crippen molar-refractivity contribution in [3.05, 3.63) is 34.9 Å². The van der Waals surface area contributed by atoms with Gasteiger partial charge in [-0.2, -0.15) is 22.0 Å². The minimum atomic E-state index is -5.84. The fraction of sp³-hybridized carbons (Fsp3) is 0.400. The monoisotopic (exact) mass is 274 g/mol. The molecule has 1 aromatic carbocycles. The molecule has 7 heteroatoms. The van der Waals surface area contributed by atoms with Crippen LogP contribution in [0.4, 0.5) is 22.0 Å². The molecular formula is C10H8ClF5O. The second-order valence-corrected chi connectivity index (χ2v) is 4.09. The van der Waals surface area contributed by atoms with Gasteiger partial charge in [0, 0.05) is 5.02 Å². The van der Waals surface area contributed by atoms with Crippen molar-refractivity contribution in [3.8, 4) is 0 Å². The molecule has 0 saturated heterocycles. The van der Waals surface area contributed by atoms with Crippen LogP contribution >= 0.6 is 11.6 Å². The van der Waals surface area contributed by atoms with Gasteiger partial charge in [-0.05, 0) is 24.6 Å². The molecule has 1 aromatic rings. The standard InChI is InChI=1S/C10H8ClF5O/c1-8(17,9(12,13)10(14,15)16)6-2-4-7(11)5-3-6/h2-5,17H,1H3. The van der Waals surface area contributed by atoms with Gasteiger partial charge in [-0.25, -0.2) is 0 Å². The van der Waals surface area contributed by atoms with Crippen LogP contribution < -0.4 is 0 Å². The van der Waals surface area contributed by atoms with Gasteiger partial charge >= 0.3 is 12.1 Å². The molecule has 0 heterocycles. The fourth-order valence-corrected chi connectivity index (χ4v) is 1.36. The summed E-state index contributed by atoms with van der Waals surface area (Å²) in [6.45, 7) is 0.406. The van der Waals surface area contributed by atoms with E-state index in [-0.39, 0.29) is 5.02 Å². The second kappa shape index (κ2) is 4.10. The molecule has 0 saturated carbocycles. The lowest BCUT2D eigenvalue weighted by molar-refractivity contribution is -0.342. The molecule has 0 spiro atoms. The zero-order chi connectivity index (χ0) is 13.5. The Morgan fingerprint density at radius 3 is 1.76 bits per heavy atom. The van der Waals surface area contributed by atoms with Crippen LogP contribution in [0.25, 0.3) is 0 Å². The summed E-state index contributed by atoms with van der Waals surface area (Å²) >= 11 is 5.47. The Labute approximate surface area is 98.8 Å². The number of hydrogen-bond donors (Lipinski definition) is 1. The van der Waals surface area contributed by atoms with Crippen molar-refractivity contribution in [2.75, 3.05) is 0 Å². The smallest absolute Gasteiger partial charge is 0.379 e. The summed E-state index contributed by atoms with van der Waals surface area (Å²) in [7, 11) is 0. The van der Waals surface area contributed by atoms with Crippen molar-refractivity contribution in [3.63, 3.8) is 0 Å². The zero-order valence-corrected chi connectivity index (χ0v) is 9.28. The van der Waals surface area contributed by atoms with Crippen LogP contribution in [0.2, 0.25) is 5.02 Å². The molecule has 1 N–H and O–H groups in total. The van der Waals surface area contributed by atoms with E-state index in [1.165, 1.54) is 0 Å². The summed E-state index contributed by atoms with van der Waals surface area (Å²) < 4.78 is 62.6. The first-order valence-electron chi connectivity index (χ1n) is 4.43. The Morgan fingerprint density at radius 1 is 1.00 bits per heavy atom. The number of halogens is 6. The largest absolute Gasteiger partial charge is 0.456 e. The van der Waals surface area contributed by atoms with Gasteiger partial charge < -0.3 is 5.11 Å². The van der Waals surface area contributed by atoms with Crippen LogP contribution in [0.3, 0.4) is 0 Å². The molecule has 96 valence electrons. The van der Waals surface area contributed by atoms with E-state index in [0.717, 1.165) is 24.3 Å². The summed E-state index contributed by atoms with van der Waals surface area (Å²) in [6, 6.07) is 4.08. The molecule has 1 rings (SSSR count). The Balaban J connectivity index is 3.23. The summed E-state index contributed by atoms with van der Waals surface area (Å²) in [5.74, 6) is -5.26. The van der Waals surface area contributed by atoms with Crippen LogP contribution in [0, 0.1) is 0 Å². The minimum absolute atomic E-state index is 0.167. The molecule has 1 unspecified atom stereocenters. The fourth-order valence-electron chi connectivity index (χ4n) is 1.23. The van der Waals surface area contributed by atoms with Crippen molar-refractivity contribution in [1.29, 1.82) is 0 Å². The molecule has 0 aliphatic rings. The summed E-state index contributed by atoms with van der Waals surface area (Å²) in [5.41, 5.74) is -3.92. The minimum Gasteiger partial charge on any atom is -0.379 e. The van der Waals surface area contributed by atoms with Crippen molar-refractivity contribution in [1.82, 2.24) is 0 Å². The maximum atomic E-state index is 13.1. The number of rotatable bonds is 2. The van der Waals surface area contributed by atoms with Gasteiger partial charge in [0.1, 0.15) is 0 Å². The highest BCUT2D eigenvalue weighted by Crippen LogP contribution is 2.48. The lowest BCUT2D eigenvalue weighted by Crippen LogP contribution is -2.53. The normalized spacial score (nSPS) is 16.7. The summed E-state index contributed by atoms with van der Waals surface area (Å²) in [4.78, 5) is 0. The Bertz CT molecular complexity index is 396. The molecule has 0 aliphatic heterocycles. The highest BCUT2D eigenvalue weighted by molar-refractivity contribution is 6.30. The maximum absolute atomic E-state index is 13.1. The predicted octanol–water partition coefficient (Wildman–Crippen LogP) is 3.75. The molecule has 1 atom stereocenters. The maximum Gasteiger partial charge on any atom is 0.456 e. The summed E-state index contributed by atoms with van der Waals surface area (Å²) in [5, 5.41) is 9.59. The van der Waals surface area contributed by atoms with Crippen LogP contribution in [-0.2, 0) is 5.60 Å². The van der Waals surface area contributed by atoms with Crippen LogP contribution in [-0.4, -0.2) is 17.2 Å². The second-order valence-electron chi connectivity index (χ2n) is 3.65. The lowest BCUT2D eigenvalue weighted by atomic mass is 9.89. The van der Waals surface area contributed by atoms with E-state index in [9.17, 15) is 27.1 Å². The molecule has 0 aromatic heterocycles. The van der Waals surface area contributed by atoms with Crippen LogP contribution in [0.5, 0.6) is 0 Å². The number of hydrogen-bond acceptors (Lipinski definition) is 1. The Morgan fingerprint density at radius 2 is 1.41 bits per heavy atom. The number of aliphatic hydroxyl groups is 1. The van der Waals surface area contributed by atoms with Crippen LogP contribution in [0.15, 0.2) is 24.3 Å². The first-order valence-corrected chi connectivity index (χ1v) is 4.81. The third-order valence-electron chi connectivity index (χ3n) is 2.37. The van der Waals surface area contributed by atoms with Gasteiger partial charge in [0.25, 0.3) is 0 Å². The van der Waals surface area contributed by atoms with E-state index >= 15 is 0 Å². The van der Waals surface area contributed by atoms with Gasteiger partial charge in [-0.3, -0.25) is 0 Å². The van der Waals surface area contributed by atoms with Crippen molar-refractivity contribution in [2.24, 2.45) is 0 Å². The molecule has 0 amide bonds. The van der Waals surface area contributed by atoms with E-state index in [1.54, 1.807) is 0 Å². The van der Waals surface area contributed by atoms with Gasteiger partial charge in [-0.15, -0.1) is 0 Å². The molecule has 0 bridgehead atoms. The van der Waals surface area contributed by atoms with E-state index < -0.39 is 23.3 Å². The number of benzene rings is 1. The van der Waals surface area contributed by atoms with Gasteiger partial charge in [0.2, 0.25) is 0 Å². The average molecular weight is 275 g/mol. The summed E-state index contributed by atoms with van der Waals surface area (Å²) in [6.07, 6.45) is -5.84. The van der Waals surface area contributed by atoms with Crippen molar-refractivity contribution >= 4 is 11.6 Å². The topological polar surface area (TPSA) is 20.2 Å². The predicted molar refractivity (Wildman–Crippen MR) is 52.0 cm³/mol. The molecule has 0 radical (unpaired) electrons. The van der Waals surface area contributed by atoms with E-state index in [0.29, 0.717) is 6.92 Å². The number of alkyl halides is 5. The van der Waals surface area contributed by atoms with Gasteiger partial charge in [0.15, 0.2) is 5.60 Å². The van der Waals surface area contributed by atoms with Crippen molar-refractivity contribution in [2.45, 2.75) is 24.6 Å². The molecule has 0 fully saturated rings. The highest BCUT2D eigenvalue weighted by atomic mass is 35.5. The molecular weight excluding hydrogens is 267 g/mol. The average Bonchev–Trinajstić information content (AvgIpc) is 2.16. The third kappa shape index (κ3) is 2.37. The quantitative estimate of drug-likeness (QED) is 0.815.